The van der Waals surface area contributed by atoms with Crippen LogP contribution in [0.4, 0.5) is 0 Å². The van der Waals surface area contributed by atoms with Crippen molar-refractivity contribution in [2.75, 3.05) is 14.2 Å². The van der Waals surface area contributed by atoms with Crippen molar-refractivity contribution in [3.05, 3.63) is 59.3 Å². The Morgan fingerprint density at radius 1 is 1.13 bits per heavy atom. The number of nitrogens with one attached hydrogen (secondary N) is 1. The Kier molecular flexibility index (Phi) is 5.48. The fourth-order valence-electron chi connectivity index (χ4n) is 4.28. The van der Waals surface area contributed by atoms with Gasteiger partial charge in [-0.15, -0.1) is 0 Å². The first-order valence-corrected chi connectivity index (χ1v) is 10.1. The predicted molar refractivity (Wildman–Crippen MR) is 115 cm³/mol. The number of ether oxygens (including phenoxy) is 2. The number of hydrogen-bond donors (Lipinski definition) is 1. The molecule has 6 nitrogen and oxygen atoms in total. The fraction of sp³-hybridized carbons (Fsp3) is 0.333. The molecule has 1 aliphatic rings. The third kappa shape index (κ3) is 3.65. The Hall–Kier alpha value is -3.28. The van der Waals surface area contributed by atoms with Crippen LogP contribution in [-0.2, 0) is 17.8 Å². The Labute approximate surface area is 175 Å². The van der Waals surface area contributed by atoms with Gasteiger partial charge in [0.1, 0.15) is 0 Å². The zero-order valence-electron chi connectivity index (χ0n) is 17.5. The molecule has 0 aliphatic heterocycles. The van der Waals surface area contributed by atoms with E-state index in [4.69, 9.17) is 9.47 Å². The lowest BCUT2D eigenvalue weighted by molar-refractivity contribution is -0.122. The average Bonchev–Trinajstić information content (AvgIpc) is 3.32. The summed E-state index contributed by atoms with van der Waals surface area (Å²) in [7, 11) is 3.24. The van der Waals surface area contributed by atoms with E-state index in [1.807, 2.05) is 47.2 Å². The molecule has 3 aromatic rings. The summed E-state index contributed by atoms with van der Waals surface area (Å²) in [5.41, 5.74) is 3.93. The highest BCUT2D eigenvalue weighted by Crippen LogP contribution is 2.39. The molecule has 1 amide bonds. The molecule has 1 heterocycles. The zero-order chi connectivity index (χ0) is 21.3. The second-order valence-corrected chi connectivity index (χ2v) is 7.62. The smallest absolute Gasteiger partial charge is 0.222 e. The highest BCUT2D eigenvalue weighted by atomic mass is 16.5. The molecule has 156 valence electrons. The molecule has 1 aliphatic carbocycles. The highest BCUT2D eigenvalue weighted by Gasteiger charge is 2.26. The lowest BCUT2D eigenvalue weighted by Gasteiger charge is -2.16. The van der Waals surface area contributed by atoms with Crippen molar-refractivity contribution in [1.29, 1.82) is 0 Å². The minimum atomic E-state index is -0.0264. The molecule has 0 saturated carbocycles. The molecule has 4 rings (SSSR count). The molecular formula is C24H26N2O4. The van der Waals surface area contributed by atoms with Gasteiger partial charge in [-0.1, -0.05) is 18.2 Å². The van der Waals surface area contributed by atoms with E-state index in [-0.39, 0.29) is 17.7 Å². The maximum Gasteiger partial charge on any atom is 0.222 e. The monoisotopic (exact) mass is 406 g/mol. The zero-order valence-corrected chi connectivity index (χ0v) is 17.5. The van der Waals surface area contributed by atoms with Gasteiger partial charge in [-0.3, -0.25) is 9.59 Å². The first kappa shape index (κ1) is 20.0. The van der Waals surface area contributed by atoms with E-state index in [9.17, 15) is 9.59 Å². The van der Waals surface area contributed by atoms with E-state index in [1.165, 1.54) is 5.56 Å². The molecule has 1 aromatic heterocycles. The number of methoxy groups -OCH3 is 2. The van der Waals surface area contributed by atoms with Crippen LogP contribution in [0.5, 0.6) is 11.5 Å². The topological polar surface area (TPSA) is 69.6 Å². The molecule has 0 fully saturated rings. The van der Waals surface area contributed by atoms with Crippen LogP contribution in [0.25, 0.3) is 10.9 Å². The summed E-state index contributed by atoms with van der Waals surface area (Å²) in [6.07, 6.45) is 3.95. The van der Waals surface area contributed by atoms with Gasteiger partial charge in [0.05, 0.1) is 20.3 Å². The van der Waals surface area contributed by atoms with Crippen LogP contribution in [0.1, 0.15) is 47.3 Å². The molecule has 6 heteroatoms. The number of carbonyl (C=O) groups excluding carboxylic acids is 2. The number of carbonyl (C=O) groups is 2. The van der Waals surface area contributed by atoms with E-state index in [0.717, 1.165) is 29.3 Å². The van der Waals surface area contributed by atoms with Crippen LogP contribution >= 0.6 is 0 Å². The summed E-state index contributed by atoms with van der Waals surface area (Å²) in [5, 5.41) is 4.08. The number of hydrogen-bond acceptors (Lipinski definition) is 4. The van der Waals surface area contributed by atoms with E-state index in [1.54, 1.807) is 21.1 Å². The van der Waals surface area contributed by atoms with Crippen molar-refractivity contribution in [3.63, 3.8) is 0 Å². The first-order valence-electron chi connectivity index (χ1n) is 10.1. The van der Waals surface area contributed by atoms with Gasteiger partial charge in [0.25, 0.3) is 0 Å². The van der Waals surface area contributed by atoms with Gasteiger partial charge in [-0.25, -0.2) is 0 Å². The van der Waals surface area contributed by atoms with Crippen molar-refractivity contribution < 1.29 is 19.1 Å². The van der Waals surface area contributed by atoms with E-state index < -0.39 is 0 Å². The molecular weight excluding hydrogens is 380 g/mol. The van der Waals surface area contributed by atoms with E-state index in [0.29, 0.717) is 30.0 Å². The van der Waals surface area contributed by atoms with Crippen LogP contribution < -0.4 is 14.8 Å². The minimum absolute atomic E-state index is 0.00945. The number of para-hydroxylation sites is 1. The molecule has 0 saturated heterocycles. The number of amides is 1. The third-order valence-corrected chi connectivity index (χ3v) is 5.81. The lowest BCUT2D eigenvalue weighted by Crippen LogP contribution is -2.27. The molecule has 1 atom stereocenters. The normalized spacial score (nSPS) is 15.1. The maximum atomic E-state index is 12.7. The lowest BCUT2D eigenvalue weighted by atomic mass is 10.1. The molecule has 30 heavy (non-hydrogen) atoms. The second kappa shape index (κ2) is 8.22. The van der Waals surface area contributed by atoms with Crippen LogP contribution in [-0.4, -0.2) is 30.5 Å². The minimum Gasteiger partial charge on any atom is -0.493 e. The van der Waals surface area contributed by atoms with Crippen molar-refractivity contribution in [2.45, 2.75) is 38.8 Å². The Morgan fingerprint density at radius 2 is 1.87 bits per heavy atom. The van der Waals surface area contributed by atoms with Gasteiger partial charge >= 0.3 is 0 Å². The standard InChI is InChI=1S/C24H26N2O4/c1-15(27)19-14-26(21-7-5-4-6-17(19)21)11-10-24(28)25-20-9-8-16-12-22(29-2)23(30-3)13-18(16)20/h4-7,12-14,20H,8-11H2,1-3H3,(H,25,28)/t20-/m0/s1. The summed E-state index contributed by atoms with van der Waals surface area (Å²) in [5.74, 6) is 1.41. The molecule has 0 bridgehead atoms. The maximum absolute atomic E-state index is 12.7. The Bertz CT molecular complexity index is 1120. The SMILES string of the molecule is COc1cc2c(cc1OC)[C@@H](NC(=O)CCn1cc(C(C)=O)c3ccccc31)CC2. The summed E-state index contributed by atoms with van der Waals surface area (Å²) in [6.45, 7) is 2.09. The van der Waals surface area contributed by atoms with Gasteiger partial charge in [0.2, 0.25) is 5.91 Å². The Balaban J connectivity index is 1.46. The molecule has 0 spiro atoms. The number of ketones is 1. The number of rotatable bonds is 7. The summed E-state index contributed by atoms with van der Waals surface area (Å²) >= 11 is 0. The van der Waals surface area contributed by atoms with Gasteiger partial charge in [0, 0.05) is 35.6 Å². The third-order valence-electron chi connectivity index (χ3n) is 5.81. The molecule has 2 aromatic carbocycles. The Morgan fingerprint density at radius 3 is 2.60 bits per heavy atom. The van der Waals surface area contributed by atoms with Crippen molar-refractivity contribution in [2.24, 2.45) is 0 Å². The van der Waals surface area contributed by atoms with Crippen LogP contribution in [0, 0.1) is 0 Å². The second-order valence-electron chi connectivity index (χ2n) is 7.62. The van der Waals surface area contributed by atoms with Gasteiger partial charge in [-0.2, -0.15) is 0 Å². The highest BCUT2D eigenvalue weighted by molar-refractivity contribution is 6.07. The molecule has 1 N–H and O–H groups in total. The quantitative estimate of drug-likeness (QED) is 0.601. The van der Waals surface area contributed by atoms with E-state index in [2.05, 4.69) is 5.32 Å². The van der Waals surface area contributed by atoms with E-state index >= 15 is 0 Å². The van der Waals surface area contributed by atoms with Crippen LogP contribution in [0.2, 0.25) is 0 Å². The number of aryl methyl sites for hydroxylation is 2. The summed E-state index contributed by atoms with van der Waals surface area (Å²) in [4.78, 5) is 24.6. The fourth-order valence-corrected chi connectivity index (χ4v) is 4.28. The predicted octanol–water partition coefficient (Wildman–Crippen LogP) is 4.05. The van der Waals surface area contributed by atoms with Crippen molar-refractivity contribution >= 4 is 22.6 Å². The number of nitrogens with zero attached hydrogens (tertiary/aromatic N) is 1. The van der Waals surface area contributed by atoms with Gasteiger partial charge in [0.15, 0.2) is 17.3 Å². The first-order chi connectivity index (χ1) is 14.5. The van der Waals surface area contributed by atoms with Gasteiger partial charge < -0.3 is 19.4 Å². The average molecular weight is 406 g/mol. The van der Waals surface area contributed by atoms with Gasteiger partial charge in [-0.05, 0) is 49.1 Å². The number of benzene rings is 2. The number of fused-ring (bicyclic) bond motifs is 2. The summed E-state index contributed by atoms with van der Waals surface area (Å²) in [6, 6.07) is 11.7. The van der Waals surface area contributed by atoms with Crippen molar-refractivity contribution in [3.8, 4) is 11.5 Å². The molecule has 0 radical (unpaired) electrons. The number of aromatic nitrogens is 1. The largest absolute Gasteiger partial charge is 0.493 e. The van der Waals surface area contributed by atoms with Crippen LogP contribution in [0.15, 0.2) is 42.6 Å². The van der Waals surface area contributed by atoms with Crippen LogP contribution in [0.3, 0.4) is 0 Å². The van der Waals surface area contributed by atoms with Crippen molar-refractivity contribution in [1.82, 2.24) is 9.88 Å². The number of Topliss-reactive ketones (excluding diaryl/α,β-unsaturated/α-hetero) is 1. The summed E-state index contributed by atoms with van der Waals surface area (Å²) < 4.78 is 12.8. The molecule has 0 unspecified atom stereocenters.